The molecule has 522 valence electrons. The molecule has 0 spiro atoms. The van der Waals surface area contributed by atoms with E-state index in [2.05, 4.69) is 55.3 Å². The fourth-order valence-electron chi connectivity index (χ4n) is 7.55. The van der Waals surface area contributed by atoms with Crippen molar-refractivity contribution in [3.05, 3.63) is 106 Å². The Balaban J connectivity index is 0.000000660. The van der Waals surface area contributed by atoms with Gasteiger partial charge in [0.1, 0.15) is 47.4 Å². The van der Waals surface area contributed by atoms with Crippen LogP contribution in [0, 0.1) is 0 Å². The number of methoxy groups -OCH3 is 1. The summed E-state index contributed by atoms with van der Waals surface area (Å²) in [7, 11) is 1.57. The molecule has 4 aromatic carbocycles. The number of carboxylic acids is 4. The van der Waals surface area contributed by atoms with Crippen LogP contribution in [0.3, 0.4) is 0 Å². The van der Waals surface area contributed by atoms with Crippen LogP contribution < -0.4 is 35.5 Å². The van der Waals surface area contributed by atoms with E-state index in [9.17, 15) is 77.6 Å². The minimum atomic E-state index is -5.08. The fourth-order valence-corrected chi connectivity index (χ4v) is 7.80. The Labute approximate surface area is 534 Å². The van der Waals surface area contributed by atoms with E-state index in [1.54, 1.807) is 45.2 Å². The molecule has 2 fully saturated rings. The van der Waals surface area contributed by atoms with Gasteiger partial charge in [0.25, 0.3) is 0 Å². The quantitative estimate of drug-likeness (QED) is 0.0307. The van der Waals surface area contributed by atoms with Crippen LogP contribution in [0.25, 0.3) is 0 Å². The van der Waals surface area contributed by atoms with Crippen molar-refractivity contribution in [1.82, 2.24) is 20.4 Å². The number of piperidine rings is 2. The Morgan fingerprint density at radius 2 is 0.796 bits per heavy atom. The third-order valence-electron chi connectivity index (χ3n) is 12.2. The number of rotatable bonds is 19. The monoisotopic (exact) mass is 1390 g/mol. The molecule has 0 bridgehead atoms. The molecule has 36 heteroatoms. The molecule has 2 atom stereocenters. The van der Waals surface area contributed by atoms with E-state index in [1.165, 1.54) is 37.1 Å². The lowest BCUT2D eigenvalue weighted by molar-refractivity contribution is -0.193. The number of ether oxygens (including phenoxy) is 3. The Bertz CT molecular complexity index is 2890. The summed E-state index contributed by atoms with van der Waals surface area (Å²) in [5.74, 6) is -10.0. The first-order valence-electron chi connectivity index (χ1n) is 27.1. The summed E-state index contributed by atoms with van der Waals surface area (Å²) in [4.78, 5) is 63.3. The number of aromatic hydroxyl groups is 1. The molecule has 93 heavy (non-hydrogen) atoms. The number of hydrogen-bond donors (Lipinski definition) is 11. The maximum absolute atomic E-state index is 11.5. The van der Waals surface area contributed by atoms with Crippen molar-refractivity contribution in [2.45, 2.75) is 114 Å². The number of carboxylic acid groups (broad SMARTS) is 4. The largest absolute Gasteiger partial charge is 0.508 e. The molecule has 0 radical (unpaired) electrons. The Kier molecular flexibility index (Phi) is 34.6. The van der Waals surface area contributed by atoms with Crippen molar-refractivity contribution in [1.29, 1.82) is 0 Å². The smallest absolute Gasteiger partial charge is 0.490 e. The highest BCUT2D eigenvalue weighted by Gasteiger charge is 2.40. The van der Waals surface area contributed by atoms with E-state index in [4.69, 9.17) is 77.0 Å². The topological polar surface area (TPSA) is 326 Å². The van der Waals surface area contributed by atoms with Crippen molar-refractivity contribution in [3.8, 4) is 23.0 Å². The fraction of sp³-hybridized carbons (Fsp3) is 0.474. The second-order valence-corrected chi connectivity index (χ2v) is 21.7. The molecule has 0 unspecified atom stereocenters. The van der Waals surface area contributed by atoms with E-state index in [1.807, 2.05) is 24.3 Å². The number of phenolic OH excluding ortho intramolecular Hbond substituents is 1. The van der Waals surface area contributed by atoms with Gasteiger partial charge < -0.3 is 71.2 Å². The van der Waals surface area contributed by atoms with Crippen LogP contribution in [0.4, 0.5) is 64.1 Å². The molecule has 2 aliphatic heterocycles. The average molecular weight is 1390 g/mol. The molecule has 6 rings (SSSR count). The second-order valence-electron chi connectivity index (χ2n) is 20.8. The van der Waals surface area contributed by atoms with E-state index in [0.717, 1.165) is 75.0 Å². The highest BCUT2D eigenvalue weighted by atomic mass is 35.5. The maximum Gasteiger partial charge on any atom is 0.490 e. The maximum atomic E-state index is 11.5. The molecule has 11 N–H and O–H groups in total. The molecule has 2 saturated heterocycles. The molecule has 4 aromatic rings. The zero-order chi connectivity index (χ0) is 71.3. The molecule has 0 saturated carbocycles. The molecule has 2 aliphatic rings. The number of aliphatic carboxylic acids is 4. The van der Waals surface area contributed by atoms with Gasteiger partial charge in [-0.2, -0.15) is 52.7 Å². The molecule has 22 nitrogen and oxygen atoms in total. The average Bonchev–Trinajstić information content (AvgIpc) is 0.919. The number of likely N-dealkylation sites (tertiary alicyclic amines) is 2. The van der Waals surface area contributed by atoms with Gasteiger partial charge in [-0.15, -0.1) is 0 Å². The van der Waals surface area contributed by atoms with Crippen LogP contribution in [0.5, 0.6) is 23.0 Å². The van der Waals surface area contributed by atoms with E-state index in [-0.39, 0.29) is 30.8 Å². The van der Waals surface area contributed by atoms with Crippen LogP contribution in [0.15, 0.2) is 84.9 Å². The van der Waals surface area contributed by atoms with Gasteiger partial charge >= 0.3 is 48.6 Å². The van der Waals surface area contributed by atoms with Crippen molar-refractivity contribution < 1.29 is 131 Å². The van der Waals surface area contributed by atoms with Gasteiger partial charge in [-0.05, 0) is 125 Å². The summed E-state index contributed by atoms with van der Waals surface area (Å²) in [6.45, 7) is 13.0. The molecular formula is C57H70Cl2F12N6O16. The lowest BCUT2D eigenvalue weighted by Gasteiger charge is -2.34. The summed E-state index contributed by atoms with van der Waals surface area (Å²) in [5.41, 5.74) is 1.33. The zero-order valence-corrected chi connectivity index (χ0v) is 51.6. The van der Waals surface area contributed by atoms with Gasteiger partial charge in [0.15, 0.2) is 0 Å². The normalized spacial score (nSPS) is 15.2. The van der Waals surface area contributed by atoms with E-state index in [0.29, 0.717) is 53.8 Å². The van der Waals surface area contributed by atoms with Gasteiger partial charge in [0.05, 0.1) is 18.5 Å². The Morgan fingerprint density at radius 3 is 1.08 bits per heavy atom. The van der Waals surface area contributed by atoms with Crippen molar-refractivity contribution in [2.24, 2.45) is 0 Å². The third kappa shape index (κ3) is 37.0. The highest BCUT2D eigenvalue weighted by Crippen LogP contribution is 2.32. The second kappa shape index (κ2) is 38.6. The van der Waals surface area contributed by atoms with Crippen LogP contribution in [0.1, 0.15) is 64.5 Å². The minimum absolute atomic E-state index is 0.0193. The Hall–Kier alpha value is -7.60. The Morgan fingerprint density at radius 1 is 0.505 bits per heavy atom. The minimum Gasteiger partial charge on any atom is -0.508 e. The van der Waals surface area contributed by atoms with Crippen molar-refractivity contribution in [2.75, 3.05) is 70.2 Å². The summed E-state index contributed by atoms with van der Waals surface area (Å²) in [6, 6.07) is 26.3. The number of benzene rings is 4. The number of carbonyl (C=O) groups excluding carboxylic acids is 2. The summed E-state index contributed by atoms with van der Waals surface area (Å²) in [5, 5.41) is 73.7. The third-order valence-corrected chi connectivity index (χ3v) is 12.7. The van der Waals surface area contributed by atoms with Gasteiger partial charge in [-0.1, -0.05) is 47.5 Å². The van der Waals surface area contributed by atoms with Gasteiger partial charge in [-0.25, -0.2) is 19.2 Å². The summed E-state index contributed by atoms with van der Waals surface area (Å²) in [6.07, 6.45) is -16.3. The number of anilines is 2. The first kappa shape index (κ1) is 83.4. The predicted octanol–water partition coefficient (Wildman–Crippen LogP) is 9.61. The number of carbonyl (C=O) groups is 6. The highest BCUT2D eigenvalue weighted by molar-refractivity contribution is 6.30. The SMILES string of the molecule is CC(=O)Nc1ccc(O)cc1OC[C@@](C)(O)CNC1CCN(Cc2ccc(Cl)cc2)CC1.COc1ccc(NC(C)=O)c(OC[C@@](C)(O)CNC2CCN(Cc3ccc(Cl)cc3)CC2)c1.O=C(O)C(F)(F)F.O=C(O)C(F)(F)F.O=C(O)C(F)(F)F.O=C(O)C(F)(F)F. The first-order valence-corrected chi connectivity index (χ1v) is 27.8. The van der Waals surface area contributed by atoms with E-state index >= 15 is 0 Å². The van der Waals surface area contributed by atoms with Gasteiger partial charge in [0, 0.05) is 74.3 Å². The lowest BCUT2D eigenvalue weighted by atomic mass is 10.0. The zero-order valence-electron chi connectivity index (χ0n) is 50.1. The number of hydrogen-bond acceptors (Lipinski definition) is 16. The number of phenols is 1. The summed E-state index contributed by atoms with van der Waals surface area (Å²) >= 11 is 11.9. The van der Waals surface area contributed by atoms with Crippen LogP contribution in [0.2, 0.25) is 10.0 Å². The van der Waals surface area contributed by atoms with Crippen molar-refractivity contribution in [3.63, 3.8) is 0 Å². The number of alkyl halides is 12. The molecule has 2 heterocycles. The number of nitrogens with zero attached hydrogens (tertiary/aromatic N) is 2. The van der Waals surface area contributed by atoms with Crippen molar-refractivity contribution >= 4 is 70.3 Å². The first-order chi connectivity index (χ1) is 42.7. The standard InChI is InChI=1S/C25H34ClN3O4.C24H32ClN3O4.4C2HF3O2/c1-18(30)28-23-9-8-22(32-3)14-24(23)33-17-25(2,31)16-27-21-10-12-29(13-11-21)15-19-4-6-20(26)7-5-19;1-17(29)27-22-8-7-21(30)13-23(22)32-16-24(2,31)15-26-20-9-11-28(12-10-20)14-18-3-5-19(25)6-4-18;4*3-2(4,5)1(6)7/h4-9,14,21,27,31H,10-13,15-17H2,1-3H3,(H,28,30);3-8,13,20,26,30-31H,9-12,14-16H2,1-2H3,(H,27,29);4*(H,6,7)/t25-;24-;;;;/m00..../s1. The molecule has 0 aromatic heterocycles. The summed E-state index contributed by atoms with van der Waals surface area (Å²) < 4.78 is 144. The number of aliphatic hydroxyl groups is 2. The van der Waals surface area contributed by atoms with Crippen LogP contribution >= 0.6 is 23.2 Å². The number of amides is 2. The van der Waals surface area contributed by atoms with Crippen LogP contribution in [-0.2, 0) is 41.9 Å². The molecule has 2 amide bonds. The van der Waals surface area contributed by atoms with Gasteiger partial charge in [-0.3, -0.25) is 19.4 Å². The number of halogens is 14. The molecular weight excluding hydrogens is 1320 g/mol. The molecule has 0 aliphatic carbocycles. The predicted molar refractivity (Wildman–Crippen MR) is 312 cm³/mol. The van der Waals surface area contributed by atoms with E-state index < -0.39 is 59.8 Å². The van der Waals surface area contributed by atoms with Gasteiger partial charge in [0.2, 0.25) is 11.8 Å². The number of nitrogens with one attached hydrogen (secondary N) is 4. The lowest BCUT2D eigenvalue weighted by Crippen LogP contribution is -2.49. The van der Waals surface area contributed by atoms with Crippen LogP contribution in [-0.4, -0.2) is 189 Å².